The summed E-state index contributed by atoms with van der Waals surface area (Å²) in [7, 11) is 0. The van der Waals surface area contributed by atoms with Crippen molar-refractivity contribution in [3.63, 3.8) is 0 Å². The zero-order valence-corrected chi connectivity index (χ0v) is 5.67. The maximum absolute atomic E-state index is 2.32. The highest BCUT2D eigenvalue weighted by Gasteiger charge is 2.38. The molecule has 1 unspecified atom stereocenters. The Morgan fingerprint density at radius 3 is 3.10 bits per heavy atom. The normalized spacial score (nSPS) is 38.4. The van der Waals surface area contributed by atoms with Crippen LogP contribution in [0.3, 0.4) is 0 Å². The first kappa shape index (κ1) is 4.73. The maximum atomic E-state index is 2.32. The molecule has 0 amide bonds. The van der Waals surface area contributed by atoms with Gasteiger partial charge in [0.2, 0.25) is 0 Å². The van der Waals surface area contributed by atoms with E-state index in [9.17, 15) is 0 Å². The first-order valence-corrected chi connectivity index (χ1v) is 3.69. The summed E-state index contributed by atoms with van der Waals surface area (Å²) in [6.45, 7) is 0. The molecule has 0 saturated heterocycles. The molecule has 0 aromatic heterocycles. The number of rotatable bonds is 0. The van der Waals surface area contributed by atoms with E-state index < -0.39 is 0 Å². The Labute approximate surface area is 60.2 Å². The van der Waals surface area contributed by atoms with E-state index in [1.165, 1.54) is 17.6 Å². The van der Waals surface area contributed by atoms with Crippen LogP contribution in [0.25, 0.3) is 0 Å². The summed E-state index contributed by atoms with van der Waals surface area (Å²) in [5.74, 6) is 0. The van der Waals surface area contributed by atoms with Crippen LogP contribution in [-0.2, 0) is 0 Å². The standard InChI is InChI=1S/C10H8/c1-2-9-6-8-3-5-10(9,4-1)7-8/h1-6H,7H2. The van der Waals surface area contributed by atoms with Crippen molar-refractivity contribution in [2.45, 2.75) is 6.42 Å². The summed E-state index contributed by atoms with van der Waals surface area (Å²) in [4.78, 5) is 0. The lowest BCUT2D eigenvalue weighted by Crippen LogP contribution is -2.07. The molecule has 0 N–H and O–H groups in total. The van der Waals surface area contributed by atoms with E-state index in [-0.39, 0.29) is 0 Å². The second kappa shape index (κ2) is 1.20. The van der Waals surface area contributed by atoms with Gasteiger partial charge in [-0.1, -0.05) is 36.5 Å². The third kappa shape index (κ3) is 0.340. The van der Waals surface area contributed by atoms with Gasteiger partial charge in [0.1, 0.15) is 0 Å². The smallest absolute Gasteiger partial charge is 0.0358 e. The average molecular weight is 128 g/mol. The van der Waals surface area contributed by atoms with Crippen LogP contribution in [0.4, 0.5) is 0 Å². The number of fused-ring (bicyclic) bond motifs is 1. The van der Waals surface area contributed by atoms with Gasteiger partial charge in [-0.25, -0.2) is 0 Å². The molecule has 0 aromatic rings. The highest BCUT2D eigenvalue weighted by Crippen LogP contribution is 2.51. The SMILES string of the molecule is C1=CC23C=CC(=CC2=C1)C3. The van der Waals surface area contributed by atoms with E-state index in [2.05, 4.69) is 36.5 Å². The van der Waals surface area contributed by atoms with Gasteiger partial charge in [0.15, 0.2) is 0 Å². The fourth-order valence-corrected chi connectivity index (χ4v) is 2.08. The molecule has 3 rings (SSSR count). The predicted molar refractivity (Wildman–Crippen MR) is 41.5 cm³/mol. The van der Waals surface area contributed by atoms with Crippen LogP contribution in [0, 0.1) is 5.41 Å². The Hall–Kier alpha value is -1.04. The predicted octanol–water partition coefficient (Wildman–Crippen LogP) is 2.37. The monoisotopic (exact) mass is 128 g/mol. The van der Waals surface area contributed by atoms with Crippen molar-refractivity contribution in [2.24, 2.45) is 5.41 Å². The molecule has 0 aromatic carbocycles. The summed E-state index contributed by atoms with van der Waals surface area (Å²) >= 11 is 0. The molecule has 10 heavy (non-hydrogen) atoms. The molecule has 0 saturated carbocycles. The van der Waals surface area contributed by atoms with Gasteiger partial charge in [-0.15, -0.1) is 0 Å². The van der Waals surface area contributed by atoms with Gasteiger partial charge in [-0.3, -0.25) is 0 Å². The van der Waals surface area contributed by atoms with Gasteiger partial charge in [-0.05, 0) is 17.6 Å². The molecule has 1 atom stereocenters. The Bertz CT molecular complexity index is 313. The quantitative estimate of drug-likeness (QED) is 0.470. The Balaban J connectivity index is 2.34. The topological polar surface area (TPSA) is 0 Å². The van der Waals surface area contributed by atoms with E-state index in [0.717, 1.165) is 0 Å². The van der Waals surface area contributed by atoms with Gasteiger partial charge in [0.05, 0.1) is 0 Å². The fourth-order valence-electron chi connectivity index (χ4n) is 2.08. The summed E-state index contributed by atoms with van der Waals surface area (Å²) in [5.41, 5.74) is 3.32. The Morgan fingerprint density at radius 2 is 2.30 bits per heavy atom. The summed E-state index contributed by atoms with van der Waals surface area (Å²) in [6.07, 6.45) is 14.8. The zero-order chi connectivity index (χ0) is 6.60. The molecule has 3 aliphatic carbocycles. The highest BCUT2D eigenvalue weighted by molar-refractivity contribution is 5.59. The first-order chi connectivity index (χ1) is 4.89. The lowest BCUT2D eigenvalue weighted by Gasteiger charge is -2.16. The van der Waals surface area contributed by atoms with Crippen molar-refractivity contribution >= 4 is 0 Å². The van der Waals surface area contributed by atoms with Crippen molar-refractivity contribution in [1.82, 2.24) is 0 Å². The van der Waals surface area contributed by atoms with Crippen molar-refractivity contribution in [3.05, 3.63) is 47.6 Å². The molecule has 1 spiro atoms. The van der Waals surface area contributed by atoms with Crippen LogP contribution in [0.15, 0.2) is 47.6 Å². The van der Waals surface area contributed by atoms with E-state index >= 15 is 0 Å². The van der Waals surface area contributed by atoms with Crippen molar-refractivity contribution in [1.29, 1.82) is 0 Å². The molecular weight excluding hydrogens is 120 g/mol. The van der Waals surface area contributed by atoms with E-state index in [4.69, 9.17) is 0 Å². The molecule has 0 heteroatoms. The number of allylic oxidation sites excluding steroid dienone is 8. The Kier molecular flexibility index (Phi) is 0.565. The van der Waals surface area contributed by atoms with E-state index in [1.54, 1.807) is 0 Å². The molecule has 3 aliphatic rings. The lowest BCUT2D eigenvalue weighted by atomic mass is 9.86. The molecule has 2 bridgehead atoms. The number of hydrogen-bond acceptors (Lipinski definition) is 0. The molecule has 0 aliphatic heterocycles. The van der Waals surface area contributed by atoms with Crippen molar-refractivity contribution in [3.8, 4) is 0 Å². The van der Waals surface area contributed by atoms with Crippen LogP contribution in [0.2, 0.25) is 0 Å². The van der Waals surface area contributed by atoms with E-state index in [0.29, 0.717) is 5.41 Å². The second-order valence-electron chi connectivity index (χ2n) is 3.25. The molecule has 0 nitrogen and oxygen atoms in total. The number of hydrogen-bond donors (Lipinski definition) is 0. The van der Waals surface area contributed by atoms with Crippen LogP contribution in [-0.4, -0.2) is 0 Å². The van der Waals surface area contributed by atoms with Gasteiger partial charge >= 0.3 is 0 Å². The second-order valence-corrected chi connectivity index (χ2v) is 3.25. The van der Waals surface area contributed by atoms with Gasteiger partial charge in [-0.2, -0.15) is 0 Å². The van der Waals surface area contributed by atoms with Crippen LogP contribution in [0.1, 0.15) is 6.42 Å². The van der Waals surface area contributed by atoms with Gasteiger partial charge in [0.25, 0.3) is 0 Å². The van der Waals surface area contributed by atoms with Crippen LogP contribution >= 0.6 is 0 Å². The highest BCUT2D eigenvalue weighted by atomic mass is 14.4. The summed E-state index contributed by atoms with van der Waals surface area (Å²) < 4.78 is 0. The average Bonchev–Trinajstić information content (AvgIpc) is 2.48. The van der Waals surface area contributed by atoms with Crippen molar-refractivity contribution in [2.75, 3.05) is 0 Å². The first-order valence-electron chi connectivity index (χ1n) is 3.69. The molecular formula is C10H8. The summed E-state index contributed by atoms with van der Waals surface area (Å²) in [5, 5.41) is 0. The minimum atomic E-state index is 0.329. The third-order valence-electron chi connectivity index (χ3n) is 2.64. The molecule has 48 valence electrons. The molecule has 0 fully saturated rings. The van der Waals surface area contributed by atoms with E-state index in [1.807, 2.05) is 0 Å². The maximum Gasteiger partial charge on any atom is 0.0358 e. The van der Waals surface area contributed by atoms with Crippen molar-refractivity contribution < 1.29 is 0 Å². The van der Waals surface area contributed by atoms with Gasteiger partial charge < -0.3 is 0 Å². The molecule has 0 heterocycles. The largest absolute Gasteiger partial charge is 0.0698 e. The Morgan fingerprint density at radius 1 is 1.30 bits per heavy atom. The minimum Gasteiger partial charge on any atom is -0.0698 e. The lowest BCUT2D eigenvalue weighted by molar-refractivity contribution is 0.661. The third-order valence-corrected chi connectivity index (χ3v) is 2.64. The fraction of sp³-hybridized carbons (Fsp3) is 0.200. The molecule has 0 radical (unpaired) electrons. The van der Waals surface area contributed by atoms with Crippen LogP contribution in [0.5, 0.6) is 0 Å². The summed E-state index contributed by atoms with van der Waals surface area (Å²) in [6, 6.07) is 0. The van der Waals surface area contributed by atoms with Crippen LogP contribution < -0.4 is 0 Å². The van der Waals surface area contributed by atoms with Gasteiger partial charge in [0, 0.05) is 5.41 Å². The zero-order valence-electron chi connectivity index (χ0n) is 5.67. The minimum absolute atomic E-state index is 0.329.